The zero-order valence-electron chi connectivity index (χ0n) is 12.0. The smallest absolute Gasteiger partial charge is 0.183 e. The molecule has 114 valence electrons. The number of anilines is 1. The second kappa shape index (κ2) is 6.81. The van der Waals surface area contributed by atoms with Crippen LogP contribution in [0.2, 0.25) is 4.47 Å². The van der Waals surface area contributed by atoms with Crippen molar-refractivity contribution in [2.24, 2.45) is 7.05 Å². The minimum Gasteiger partial charge on any atom is -0.485 e. The largest absolute Gasteiger partial charge is 0.485 e. The van der Waals surface area contributed by atoms with E-state index < -0.39 is 0 Å². The first-order chi connectivity index (χ1) is 10.7. The fraction of sp³-hybridized carbons (Fsp3) is 0.200. The molecule has 0 aliphatic carbocycles. The fourth-order valence-corrected chi connectivity index (χ4v) is 2.90. The Kier molecular flexibility index (Phi) is 4.60. The lowest BCUT2D eigenvalue weighted by Gasteiger charge is -2.12. The van der Waals surface area contributed by atoms with Crippen LogP contribution in [0.4, 0.5) is 5.69 Å². The summed E-state index contributed by atoms with van der Waals surface area (Å²) in [6.07, 6.45) is 3.54. The van der Waals surface area contributed by atoms with Crippen molar-refractivity contribution in [1.82, 2.24) is 14.8 Å². The second-order valence-electron chi connectivity index (χ2n) is 4.66. The molecule has 1 aromatic carbocycles. The van der Waals surface area contributed by atoms with Crippen molar-refractivity contribution in [1.29, 1.82) is 0 Å². The van der Waals surface area contributed by atoms with Gasteiger partial charge in [0.25, 0.3) is 0 Å². The number of ether oxygens (including phenoxy) is 1. The van der Waals surface area contributed by atoms with Gasteiger partial charge in [-0.3, -0.25) is 4.68 Å². The van der Waals surface area contributed by atoms with Gasteiger partial charge in [0.15, 0.2) is 4.47 Å². The third kappa shape index (κ3) is 3.58. The highest BCUT2D eigenvalue weighted by molar-refractivity contribution is 7.15. The van der Waals surface area contributed by atoms with Crippen LogP contribution in [0.3, 0.4) is 0 Å². The highest BCUT2D eigenvalue weighted by Gasteiger charge is 2.06. The van der Waals surface area contributed by atoms with E-state index in [0.717, 1.165) is 22.0 Å². The van der Waals surface area contributed by atoms with Gasteiger partial charge < -0.3 is 10.1 Å². The van der Waals surface area contributed by atoms with Crippen LogP contribution in [0.5, 0.6) is 5.75 Å². The van der Waals surface area contributed by atoms with Gasteiger partial charge in [0, 0.05) is 24.3 Å². The predicted octanol–water partition coefficient (Wildman–Crippen LogP) is 3.72. The zero-order chi connectivity index (χ0) is 15.4. The summed E-state index contributed by atoms with van der Waals surface area (Å²) in [5.74, 6) is 0.805. The molecule has 0 spiro atoms. The molecule has 0 aliphatic heterocycles. The van der Waals surface area contributed by atoms with Gasteiger partial charge in [-0.25, -0.2) is 4.98 Å². The normalized spacial score (nSPS) is 10.6. The summed E-state index contributed by atoms with van der Waals surface area (Å²) in [7, 11) is 1.90. The lowest BCUT2D eigenvalue weighted by molar-refractivity contribution is 0.296. The van der Waals surface area contributed by atoms with Crippen LogP contribution in [-0.4, -0.2) is 14.8 Å². The first kappa shape index (κ1) is 14.9. The summed E-state index contributed by atoms with van der Waals surface area (Å²) >= 11 is 7.31. The number of hydrogen-bond donors (Lipinski definition) is 1. The molecule has 0 radical (unpaired) electrons. The van der Waals surface area contributed by atoms with Crippen LogP contribution >= 0.6 is 22.9 Å². The maximum atomic E-state index is 5.89. The number of rotatable bonds is 6. The molecular formula is C15H15ClN4OS. The topological polar surface area (TPSA) is 52.0 Å². The number of para-hydroxylation sites is 2. The molecule has 0 fully saturated rings. The van der Waals surface area contributed by atoms with Crippen LogP contribution in [0.15, 0.2) is 42.7 Å². The molecule has 0 amide bonds. The van der Waals surface area contributed by atoms with Gasteiger partial charge in [0.2, 0.25) is 0 Å². The minimum atomic E-state index is 0.474. The molecule has 3 aromatic rings. The van der Waals surface area contributed by atoms with E-state index in [2.05, 4.69) is 15.4 Å². The molecule has 5 nitrogen and oxygen atoms in total. The van der Waals surface area contributed by atoms with E-state index in [1.165, 1.54) is 11.3 Å². The molecule has 0 saturated heterocycles. The first-order valence-electron chi connectivity index (χ1n) is 6.75. The molecule has 22 heavy (non-hydrogen) atoms. The average molecular weight is 335 g/mol. The zero-order valence-corrected chi connectivity index (χ0v) is 13.6. The highest BCUT2D eigenvalue weighted by Crippen LogP contribution is 2.26. The molecule has 3 rings (SSSR count). The van der Waals surface area contributed by atoms with E-state index in [9.17, 15) is 0 Å². The molecule has 1 N–H and O–H groups in total. The predicted molar refractivity (Wildman–Crippen MR) is 88.4 cm³/mol. The monoisotopic (exact) mass is 334 g/mol. The molecule has 0 unspecified atom stereocenters. The number of halogens is 1. The molecule has 7 heteroatoms. The molecule has 0 saturated carbocycles. The summed E-state index contributed by atoms with van der Waals surface area (Å²) in [6, 6.07) is 9.79. The summed E-state index contributed by atoms with van der Waals surface area (Å²) in [5, 5.41) is 7.48. The Bertz CT molecular complexity index is 755. The Morgan fingerprint density at radius 2 is 2.18 bits per heavy atom. The fourth-order valence-electron chi connectivity index (χ4n) is 1.98. The number of nitrogens with one attached hydrogen (secondary N) is 1. The van der Waals surface area contributed by atoms with E-state index in [1.807, 2.05) is 37.4 Å². The number of nitrogens with zero attached hydrogens (tertiary/aromatic N) is 3. The van der Waals surface area contributed by atoms with Crippen molar-refractivity contribution in [2.75, 3.05) is 5.32 Å². The maximum Gasteiger partial charge on any atom is 0.183 e. The van der Waals surface area contributed by atoms with Crippen LogP contribution in [-0.2, 0) is 20.2 Å². The number of aromatic nitrogens is 3. The highest BCUT2D eigenvalue weighted by atomic mass is 35.5. The molecule has 0 aliphatic rings. The van der Waals surface area contributed by atoms with E-state index >= 15 is 0 Å². The van der Waals surface area contributed by atoms with Crippen molar-refractivity contribution in [3.05, 3.63) is 57.8 Å². The van der Waals surface area contributed by atoms with Crippen molar-refractivity contribution in [3.8, 4) is 5.75 Å². The van der Waals surface area contributed by atoms with Crippen molar-refractivity contribution >= 4 is 28.6 Å². The van der Waals surface area contributed by atoms with Crippen LogP contribution in [0.25, 0.3) is 0 Å². The standard InChI is InChI=1S/C15H15ClN4OS/c1-20-11(6-7-19-20)10-21-14-5-3-2-4-13(14)17-8-12-9-18-15(16)22-12/h2-7,9,17H,8,10H2,1H3. The van der Waals surface area contributed by atoms with E-state index in [4.69, 9.17) is 16.3 Å². The van der Waals surface area contributed by atoms with Crippen molar-refractivity contribution in [3.63, 3.8) is 0 Å². The van der Waals surface area contributed by atoms with Gasteiger partial charge in [0.05, 0.1) is 17.9 Å². The Balaban J connectivity index is 1.65. The van der Waals surface area contributed by atoms with E-state index in [1.54, 1.807) is 17.1 Å². The SMILES string of the molecule is Cn1nccc1COc1ccccc1NCc1cnc(Cl)s1. The lowest BCUT2D eigenvalue weighted by atomic mass is 10.3. The quantitative estimate of drug-likeness (QED) is 0.746. The maximum absolute atomic E-state index is 5.89. The molecule has 2 aromatic heterocycles. The Morgan fingerprint density at radius 3 is 2.91 bits per heavy atom. The van der Waals surface area contributed by atoms with E-state index in [0.29, 0.717) is 17.6 Å². The Morgan fingerprint density at radius 1 is 1.32 bits per heavy atom. The molecule has 0 atom stereocenters. The van der Waals surface area contributed by atoms with Crippen LogP contribution < -0.4 is 10.1 Å². The summed E-state index contributed by atoms with van der Waals surface area (Å²) in [5.41, 5.74) is 1.96. The number of benzene rings is 1. The Labute approximate surface area is 137 Å². The lowest BCUT2D eigenvalue weighted by Crippen LogP contribution is -2.05. The number of thiazole rings is 1. The second-order valence-corrected chi connectivity index (χ2v) is 6.36. The molecule has 2 heterocycles. The third-order valence-corrected chi connectivity index (χ3v) is 4.28. The van der Waals surface area contributed by atoms with Gasteiger partial charge in [0.1, 0.15) is 12.4 Å². The molecular weight excluding hydrogens is 320 g/mol. The van der Waals surface area contributed by atoms with Gasteiger partial charge in [-0.15, -0.1) is 11.3 Å². The Hall–Kier alpha value is -2.05. The number of hydrogen-bond acceptors (Lipinski definition) is 5. The van der Waals surface area contributed by atoms with Crippen molar-refractivity contribution in [2.45, 2.75) is 13.2 Å². The van der Waals surface area contributed by atoms with Crippen molar-refractivity contribution < 1.29 is 4.74 Å². The van der Waals surface area contributed by atoms with Gasteiger partial charge in [-0.2, -0.15) is 5.10 Å². The van der Waals surface area contributed by atoms with E-state index in [-0.39, 0.29) is 0 Å². The van der Waals surface area contributed by atoms with Gasteiger partial charge >= 0.3 is 0 Å². The average Bonchev–Trinajstić information content (AvgIpc) is 3.12. The summed E-state index contributed by atoms with van der Waals surface area (Å²) in [6.45, 7) is 1.14. The number of aryl methyl sites for hydroxylation is 1. The van der Waals surface area contributed by atoms with Gasteiger partial charge in [-0.05, 0) is 18.2 Å². The van der Waals surface area contributed by atoms with Gasteiger partial charge in [-0.1, -0.05) is 23.7 Å². The van der Waals surface area contributed by atoms with Crippen LogP contribution in [0.1, 0.15) is 10.6 Å². The molecule has 0 bridgehead atoms. The van der Waals surface area contributed by atoms with Crippen LogP contribution in [0, 0.1) is 0 Å². The summed E-state index contributed by atoms with van der Waals surface area (Å²) in [4.78, 5) is 5.11. The first-order valence-corrected chi connectivity index (χ1v) is 7.94. The third-order valence-electron chi connectivity index (χ3n) is 3.16. The summed E-state index contributed by atoms with van der Waals surface area (Å²) < 4.78 is 8.25. The minimum absolute atomic E-state index is 0.474.